The lowest BCUT2D eigenvalue weighted by atomic mass is 9.98. The predicted octanol–water partition coefficient (Wildman–Crippen LogP) is 3.22. The minimum Gasteiger partial charge on any atom is -0.324 e. The van der Waals surface area contributed by atoms with E-state index in [9.17, 15) is 4.39 Å². The molecule has 13 heavy (non-hydrogen) atoms. The SMILES string of the molecule is Cc1cc(F)c(Br)c(C(C)N)c1C. The molecule has 1 nitrogen and oxygen atoms in total. The zero-order valence-electron chi connectivity index (χ0n) is 7.99. The average molecular weight is 246 g/mol. The van der Waals surface area contributed by atoms with Crippen molar-refractivity contribution >= 4 is 15.9 Å². The number of halogens is 2. The number of nitrogens with two attached hydrogens (primary N) is 1. The smallest absolute Gasteiger partial charge is 0.137 e. The van der Waals surface area contributed by atoms with Gasteiger partial charge in [0.1, 0.15) is 5.82 Å². The van der Waals surface area contributed by atoms with E-state index in [0.29, 0.717) is 4.47 Å². The van der Waals surface area contributed by atoms with Crippen molar-refractivity contribution in [2.75, 3.05) is 0 Å². The Hall–Kier alpha value is -0.410. The van der Waals surface area contributed by atoms with Gasteiger partial charge in [-0.15, -0.1) is 0 Å². The maximum absolute atomic E-state index is 13.3. The standard InChI is InChI=1S/C10H13BrFN/c1-5-4-8(12)10(11)9(6(5)2)7(3)13/h4,7H,13H2,1-3H3. The normalized spacial score (nSPS) is 13.1. The molecule has 2 N–H and O–H groups in total. The van der Waals surface area contributed by atoms with Gasteiger partial charge in [-0.25, -0.2) is 4.39 Å². The zero-order valence-corrected chi connectivity index (χ0v) is 9.57. The van der Waals surface area contributed by atoms with Gasteiger partial charge in [0.2, 0.25) is 0 Å². The van der Waals surface area contributed by atoms with E-state index in [0.717, 1.165) is 16.7 Å². The maximum Gasteiger partial charge on any atom is 0.137 e. The van der Waals surface area contributed by atoms with Crippen LogP contribution >= 0.6 is 15.9 Å². The summed E-state index contributed by atoms with van der Waals surface area (Å²) < 4.78 is 13.8. The van der Waals surface area contributed by atoms with E-state index in [4.69, 9.17) is 5.73 Å². The zero-order chi connectivity index (χ0) is 10.2. The molecule has 1 rings (SSSR count). The first-order chi connectivity index (χ1) is 5.95. The van der Waals surface area contributed by atoms with Gasteiger partial charge >= 0.3 is 0 Å². The van der Waals surface area contributed by atoms with E-state index < -0.39 is 0 Å². The molecule has 0 radical (unpaired) electrons. The molecule has 0 aromatic heterocycles. The van der Waals surface area contributed by atoms with Crippen molar-refractivity contribution in [2.45, 2.75) is 26.8 Å². The molecule has 1 aromatic carbocycles. The number of hydrogen-bond acceptors (Lipinski definition) is 1. The molecule has 0 aliphatic rings. The highest BCUT2D eigenvalue weighted by atomic mass is 79.9. The molecule has 0 saturated carbocycles. The fourth-order valence-corrected chi connectivity index (χ4v) is 2.18. The van der Waals surface area contributed by atoms with Gasteiger partial charge in [-0.1, -0.05) is 0 Å². The Morgan fingerprint density at radius 3 is 2.46 bits per heavy atom. The predicted molar refractivity (Wildman–Crippen MR) is 56.2 cm³/mol. The van der Waals surface area contributed by atoms with Gasteiger partial charge in [0.05, 0.1) is 4.47 Å². The molecule has 0 heterocycles. The van der Waals surface area contributed by atoms with Crippen LogP contribution in [0.15, 0.2) is 10.5 Å². The van der Waals surface area contributed by atoms with Crippen LogP contribution in [0.1, 0.15) is 29.7 Å². The van der Waals surface area contributed by atoms with Crippen molar-refractivity contribution in [1.29, 1.82) is 0 Å². The number of rotatable bonds is 1. The molecule has 0 aliphatic carbocycles. The molecule has 0 bridgehead atoms. The van der Waals surface area contributed by atoms with Crippen LogP contribution in [0, 0.1) is 19.7 Å². The van der Waals surface area contributed by atoms with Crippen molar-refractivity contribution in [3.8, 4) is 0 Å². The summed E-state index contributed by atoms with van der Waals surface area (Å²) in [7, 11) is 0. The summed E-state index contributed by atoms with van der Waals surface area (Å²) in [4.78, 5) is 0. The molecule has 3 heteroatoms. The van der Waals surface area contributed by atoms with Crippen LogP contribution in [0.2, 0.25) is 0 Å². The van der Waals surface area contributed by atoms with Gasteiger partial charge < -0.3 is 5.73 Å². The topological polar surface area (TPSA) is 26.0 Å². The van der Waals surface area contributed by atoms with E-state index in [2.05, 4.69) is 15.9 Å². The second-order valence-corrected chi connectivity index (χ2v) is 4.11. The van der Waals surface area contributed by atoms with Crippen molar-refractivity contribution in [2.24, 2.45) is 5.73 Å². The first kappa shape index (κ1) is 10.7. The van der Waals surface area contributed by atoms with E-state index in [1.807, 2.05) is 20.8 Å². The molecule has 0 aliphatic heterocycles. The lowest BCUT2D eigenvalue weighted by molar-refractivity contribution is 0.611. The van der Waals surface area contributed by atoms with Crippen LogP contribution in [-0.4, -0.2) is 0 Å². The number of hydrogen-bond donors (Lipinski definition) is 1. The third-order valence-electron chi connectivity index (χ3n) is 2.24. The molecular weight excluding hydrogens is 233 g/mol. The van der Waals surface area contributed by atoms with Gasteiger partial charge in [0.25, 0.3) is 0 Å². The van der Waals surface area contributed by atoms with Crippen LogP contribution in [0.5, 0.6) is 0 Å². The highest BCUT2D eigenvalue weighted by Crippen LogP contribution is 2.30. The Kier molecular flexibility index (Phi) is 3.09. The second-order valence-electron chi connectivity index (χ2n) is 3.32. The van der Waals surface area contributed by atoms with Crippen LogP contribution in [0.3, 0.4) is 0 Å². The Labute approximate surface area is 86.3 Å². The Balaban J connectivity index is 3.46. The minimum absolute atomic E-state index is 0.149. The summed E-state index contributed by atoms with van der Waals surface area (Å²) in [6.45, 7) is 5.70. The molecule has 0 amide bonds. The fraction of sp³-hybridized carbons (Fsp3) is 0.400. The Morgan fingerprint density at radius 2 is 2.00 bits per heavy atom. The Bertz CT molecular complexity index is 308. The van der Waals surface area contributed by atoms with Gasteiger partial charge in [0, 0.05) is 6.04 Å². The van der Waals surface area contributed by atoms with E-state index in [-0.39, 0.29) is 11.9 Å². The Morgan fingerprint density at radius 1 is 1.46 bits per heavy atom. The monoisotopic (exact) mass is 245 g/mol. The quantitative estimate of drug-likeness (QED) is 0.808. The van der Waals surface area contributed by atoms with Gasteiger partial charge in [-0.2, -0.15) is 0 Å². The largest absolute Gasteiger partial charge is 0.324 e. The molecule has 1 atom stereocenters. The van der Waals surface area contributed by atoms with Gasteiger partial charge in [-0.05, 0) is 59.5 Å². The molecule has 1 unspecified atom stereocenters. The highest BCUT2D eigenvalue weighted by Gasteiger charge is 2.14. The first-order valence-corrected chi connectivity index (χ1v) is 4.95. The summed E-state index contributed by atoms with van der Waals surface area (Å²) in [5.41, 5.74) is 8.61. The maximum atomic E-state index is 13.3. The molecule has 0 fully saturated rings. The first-order valence-electron chi connectivity index (χ1n) is 4.15. The van der Waals surface area contributed by atoms with Crippen molar-refractivity contribution in [1.82, 2.24) is 0 Å². The van der Waals surface area contributed by atoms with Crippen LogP contribution in [-0.2, 0) is 0 Å². The van der Waals surface area contributed by atoms with Gasteiger partial charge in [0.15, 0.2) is 0 Å². The second kappa shape index (κ2) is 3.76. The van der Waals surface area contributed by atoms with Crippen LogP contribution < -0.4 is 5.73 Å². The number of aryl methyl sites for hydroxylation is 1. The summed E-state index contributed by atoms with van der Waals surface area (Å²) in [5, 5.41) is 0. The lowest BCUT2D eigenvalue weighted by Gasteiger charge is -2.15. The van der Waals surface area contributed by atoms with Crippen molar-refractivity contribution < 1.29 is 4.39 Å². The highest BCUT2D eigenvalue weighted by molar-refractivity contribution is 9.10. The molecule has 72 valence electrons. The molecule has 1 aromatic rings. The summed E-state index contributed by atoms with van der Waals surface area (Å²) in [6, 6.07) is 1.37. The molecule has 0 saturated heterocycles. The van der Waals surface area contributed by atoms with Crippen molar-refractivity contribution in [3.63, 3.8) is 0 Å². The molecule has 0 spiro atoms. The van der Waals surface area contributed by atoms with E-state index in [1.165, 1.54) is 6.07 Å². The van der Waals surface area contributed by atoms with E-state index >= 15 is 0 Å². The van der Waals surface area contributed by atoms with Crippen LogP contribution in [0.25, 0.3) is 0 Å². The minimum atomic E-state index is -0.240. The average Bonchev–Trinajstić information content (AvgIpc) is 2.01. The van der Waals surface area contributed by atoms with Crippen molar-refractivity contribution in [3.05, 3.63) is 33.0 Å². The third kappa shape index (κ3) is 1.92. The lowest BCUT2D eigenvalue weighted by Crippen LogP contribution is -2.10. The summed E-state index contributed by atoms with van der Waals surface area (Å²) in [5.74, 6) is -0.240. The third-order valence-corrected chi connectivity index (χ3v) is 3.05. The van der Waals surface area contributed by atoms with E-state index in [1.54, 1.807) is 0 Å². The molecular formula is C10H13BrFN. The summed E-state index contributed by atoms with van der Waals surface area (Å²) in [6.07, 6.45) is 0. The number of benzene rings is 1. The van der Waals surface area contributed by atoms with Crippen LogP contribution in [0.4, 0.5) is 4.39 Å². The van der Waals surface area contributed by atoms with Gasteiger partial charge in [-0.3, -0.25) is 0 Å². The summed E-state index contributed by atoms with van der Waals surface area (Å²) >= 11 is 3.21. The fourth-order valence-electron chi connectivity index (χ4n) is 1.41.